The van der Waals surface area contributed by atoms with Gasteiger partial charge in [0.2, 0.25) is 12.3 Å². The largest absolute Gasteiger partial charge is 0.480 e. The maximum atomic E-state index is 12.6. The lowest BCUT2D eigenvalue weighted by Gasteiger charge is -2.13. The molecule has 1 aromatic rings. The molecule has 1 atom stereocenters. The fourth-order valence-corrected chi connectivity index (χ4v) is 1.43. The molecule has 0 radical (unpaired) electrons. The number of aliphatic carboxylic acids is 1. The van der Waals surface area contributed by atoms with Crippen molar-refractivity contribution in [2.45, 2.75) is 25.3 Å². The van der Waals surface area contributed by atoms with E-state index in [1.165, 1.54) is 12.1 Å². The number of benzene rings is 1. The molecule has 0 fully saturated rings. The third-order valence-electron chi connectivity index (χ3n) is 2.33. The van der Waals surface area contributed by atoms with Gasteiger partial charge in [-0.2, -0.15) is 0 Å². The Morgan fingerprint density at radius 2 is 1.79 bits per heavy atom. The van der Waals surface area contributed by atoms with Crippen molar-refractivity contribution < 1.29 is 27.9 Å². The summed E-state index contributed by atoms with van der Waals surface area (Å²) in [4.78, 5) is 22.2. The number of carbonyl (C=O) groups is 2. The van der Waals surface area contributed by atoms with E-state index < -0.39 is 36.6 Å². The first-order valence-electron chi connectivity index (χ1n) is 5.43. The van der Waals surface area contributed by atoms with E-state index in [9.17, 15) is 22.8 Å². The summed E-state index contributed by atoms with van der Waals surface area (Å²) >= 11 is 0. The molecule has 0 aliphatic carbocycles. The smallest absolute Gasteiger partial charge is 0.326 e. The summed E-state index contributed by atoms with van der Waals surface area (Å²) in [7, 11) is 0. The van der Waals surface area contributed by atoms with Gasteiger partial charge in [0, 0.05) is 6.42 Å². The predicted octanol–water partition coefficient (Wildman–Crippen LogP) is 1.59. The molecule has 7 heteroatoms. The Balaban J connectivity index is 2.57. The second-order valence-corrected chi connectivity index (χ2v) is 3.89. The van der Waals surface area contributed by atoms with E-state index in [1.807, 2.05) is 5.32 Å². The molecule has 19 heavy (non-hydrogen) atoms. The summed E-state index contributed by atoms with van der Waals surface area (Å²) in [6.45, 7) is 0. The summed E-state index contributed by atoms with van der Waals surface area (Å²) in [5.74, 6) is -2.70. The van der Waals surface area contributed by atoms with Crippen molar-refractivity contribution in [3.05, 3.63) is 35.6 Å². The standard InChI is InChI=1S/C12H12F3NO3/c13-8-3-1-7(2-4-8)5-11(17)16-9(12(18)19)6-10(14)15/h1-4,9-10H,5-6H2,(H,16,17)(H,18,19). The molecular formula is C12H12F3NO3. The number of rotatable bonds is 6. The van der Waals surface area contributed by atoms with E-state index in [0.717, 1.165) is 12.1 Å². The van der Waals surface area contributed by atoms with E-state index in [2.05, 4.69) is 0 Å². The van der Waals surface area contributed by atoms with E-state index >= 15 is 0 Å². The first-order valence-corrected chi connectivity index (χ1v) is 5.43. The summed E-state index contributed by atoms with van der Waals surface area (Å²) < 4.78 is 36.8. The molecule has 4 nitrogen and oxygen atoms in total. The highest BCUT2D eigenvalue weighted by Gasteiger charge is 2.23. The molecule has 2 N–H and O–H groups in total. The van der Waals surface area contributed by atoms with Crippen LogP contribution in [-0.4, -0.2) is 29.5 Å². The molecule has 0 saturated carbocycles. The number of amides is 1. The van der Waals surface area contributed by atoms with Gasteiger partial charge in [-0.3, -0.25) is 4.79 Å². The van der Waals surface area contributed by atoms with Gasteiger partial charge in [0.15, 0.2) is 0 Å². The number of hydrogen-bond acceptors (Lipinski definition) is 2. The van der Waals surface area contributed by atoms with Crippen molar-refractivity contribution >= 4 is 11.9 Å². The number of hydrogen-bond donors (Lipinski definition) is 2. The van der Waals surface area contributed by atoms with Gasteiger partial charge >= 0.3 is 5.97 Å². The minimum atomic E-state index is -2.83. The molecule has 0 bridgehead atoms. The quantitative estimate of drug-likeness (QED) is 0.828. The first kappa shape index (κ1) is 15.0. The highest BCUT2D eigenvalue weighted by atomic mass is 19.3. The van der Waals surface area contributed by atoms with Gasteiger partial charge in [0.25, 0.3) is 0 Å². The average molecular weight is 275 g/mol. The summed E-state index contributed by atoms with van der Waals surface area (Å²) in [6.07, 6.45) is -3.98. The summed E-state index contributed by atoms with van der Waals surface area (Å²) in [6, 6.07) is 3.38. The molecule has 1 unspecified atom stereocenters. The number of alkyl halides is 2. The van der Waals surface area contributed by atoms with Gasteiger partial charge in [0.05, 0.1) is 6.42 Å². The highest BCUT2D eigenvalue weighted by molar-refractivity contribution is 5.84. The van der Waals surface area contributed by atoms with Crippen molar-refractivity contribution in [1.29, 1.82) is 0 Å². The predicted molar refractivity (Wildman–Crippen MR) is 60.3 cm³/mol. The van der Waals surface area contributed by atoms with Crippen LogP contribution in [0.15, 0.2) is 24.3 Å². The van der Waals surface area contributed by atoms with Gasteiger partial charge in [-0.05, 0) is 17.7 Å². The second kappa shape index (κ2) is 6.77. The SMILES string of the molecule is O=C(Cc1ccc(F)cc1)NC(CC(F)F)C(=O)O. The minimum Gasteiger partial charge on any atom is -0.480 e. The molecular weight excluding hydrogens is 263 g/mol. The van der Waals surface area contributed by atoms with Crippen LogP contribution in [0.1, 0.15) is 12.0 Å². The van der Waals surface area contributed by atoms with Crippen LogP contribution in [0.3, 0.4) is 0 Å². The third kappa shape index (κ3) is 5.41. The highest BCUT2D eigenvalue weighted by Crippen LogP contribution is 2.06. The zero-order chi connectivity index (χ0) is 14.4. The topological polar surface area (TPSA) is 66.4 Å². The lowest BCUT2D eigenvalue weighted by atomic mass is 10.1. The molecule has 0 saturated heterocycles. The molecule has 1 amide bonds. The lowest BCUT2D eigenvalue weighted by Crippen LogP contribution is -2.42. The van der Waals surface area contributed by atoms with Gasteiger partial charge in [-0.25, -0.2) is 18.0 Å². The molecule has 0 heterocycles. The summed E-state index contributed by atoms with van der Waals surface area (Å²) in [5, 5.41) is 10.7. The van der Waals surface area contributed by atoms with Crippen LogP contribution in [0.4, 0.5) is 13.2 Å². The minimum absolute atomic E-state index is 0.201. The first-order chi connectivity index (χ1) is 8.88. The van der Waals surface area contributed by atoms with E-state index in [0.29, 0.717) is 5.56 Å². The fraction of sp³-hybridized carbons (Fsp3) is 0.333. The van der Waals surface area contributed by atoms with Crippen LogP contribution in [0.2, 0.25) is 0 Å². The number of carboxylic acid groups (broad SMARTS) is 1. The zero-order valence-corrected chi connectivity index (χ0v) is 9.78. The molecule has 104 valence electrons. The van der Waals surface area contributed by atoms with E-state index in [1.54, 1.807) is 0 Å². The van der Waals surface area contributed by atoms with Crippen LogP contribution >= 0.6 is 0 Å². The van der Waals surface area contributed by atoms with Crippen LogP contribution in [-0.2, 0) is 16.0 Å². The van der Waals surface area contributed by atoms with Gasteiger partial charge in [0.1, 0.15) is 11.9 Å². The van der Waals surface area contributed by atoms with Crippen LogP contribution in [0, 0.1) is 5.82 Å². The van der Waals surface area contributed by atoms with Gasteiger partial charge < -0.3 is 10.4 Å². The van der Waals surface area contributed by atoms with Crippen LogP contribution in [0.5, 0.6) is 0 Å². The normalized spacial score (nSPS) is 12.2. The Morgan fingerprint density at radius 3 is 2.26 bits per heavy atom. The molecule has 1 rings (SSSR count). The number of halogens is 3. The van der Waals surface area contributed by atoms with E-state index in [4.69, 9.17) is 5.11 Å². The van der Waals surface area contributed by atoms with Crippen molar-refractivity contribution in [2.24, 2.45) is 0 Å². The fourth-order valence-electron chi connectivity index (χ4n) is 1.43. The molecule has 0 aromatic heterocycles. The van der Waals surface area contributed by atoms with Crippen LogP contribution < -0.4 is 5.32 Å². The van der Waals surface area contributed by atoms with Gasteiger partial charge in [-0.15, -0.1) is 0 Å². The number of carbonyl (C=O) groups excluding carboxylic acids is 1. The second-order valence-electron chi connectivity index (χ2n) is 3.89. The Labute approximate surface area is 107 Å². The Bertz CT molecular complexity index is 448. The Morgan fingerprint density at radius 1 is 1.21 bits per heavy atom. The number of carboxylic acids is 1. The number of nitrogens with one attached hydrogen (secondary N) is 1. The summed E-state index contributed by atoms with van der Waals surface area (Å²) in [5.41, 5.74) is 0.458. The zero-order valence-electron chi connectivity index (χ0n) is 9.78. The molecule has 0 spiro atoms. The van der Waals surface area contributed by atoms with Gasteiger partial charge in [-0.1, -0.05) is 12.1 Å². The van der Waals surface area contributed by atoms with E-state index in [-0.39, 0.29) is 6.42 Å². The maximum absolute atomic E-state index is 12.6. The molecule has 1 aromatic carbocycles. The van der Waals surface area contributed by atoms with Crippen LogP contribution in [0.25, 0.3) is 0 Å². The Kier molecular flexibility index (Phi) is 5.35. The maximum Gasteiger partial charge on any atom is 0.326 e. The van der Waals surface area contributed by atoms with Crippen molar-refractivity contribution in [3.63, 3.8) is 0 Å². The van der Waals surface area contributed by atoms with Crippen molar-refractivity contribution in [2.75, 3.05) is 0 Å². The molecule has 0 aliphatic rings. The average Bonchev–Trinajstić information content (AvgIpc) is 2.30. The van der Waals surface area contributed by atoms with Crippen molar-refractivity contribution in [3.8, 4) is 0 Å². The third-order valence-corrected chi connectivity index (χ3v) is 2.33. The lowest BCUT2D eigenvalue weighted by molar-refractivity contribution is -0.142. The van der Waals surface area contributed by atoms with Crippen molar-refractivity contribution in [1.82, 2.24) is 5.32 Å². The monoisotopic (exact) mass is 275 g/mol. The Hall–Kier alpha value is -2.05. The molecule has 0 aliphatic heterocycles.